The lowest BCUT2D eigenvalue weighted by Gasteiger charge is -2.37. The fourth-order valence-corrected chi connectivity index (χ4v) is 6.48. The molecule has 2 aliphatic heterocycles. The molecule has 0 aliphatic carbocycles. The Labute approximate surface area is 178 Å². The summed E-state index contributed by atoms with van der Waals surface area (Å²) in [6.07, 6.45) is 0. The highest BCUT2D eigenvalue weighted by atomic mass is 32.2. The maximum absolute atomic E-state index is 13.0. The summed E-state index contributed by atoms with van der Waals surface area (Å²) in [5.74, 6) is 0.604. The van der Waals surface area contributed by atoms with E-state index in [1.54, 1.807) is 26.2 Å². The first-order valence-corrected chi connectivity index (χ1v) is 12.7. The predicted octanol–water partition coefficient (Wildman–Crippen LogP) is -0.0965. The zero-order chi connectivity index (χ0) is 21.8. The fraction of sp³-hybridized carbons (Fsp3) is 0.667. The average molecular weight is 464 g/mol. The lowest BCUT2D eigenvalue weighted by Crippen LogP contribution is -2.55. The molecule has 2 fully saturated rings. The molecule has 0 bridgehead atoms. The molecule has 1 aromatic carbocycles. The van der Waals surface area contributed by atoms with Crippen LogP contribution in [0.4, 0.5) is 0 Å². The quantitative estimate of drug-likeness (QED) is 0.496. The zero-order valence-corrected chi connectivity index (χ0v) is 19.0. The van der Waals surface area contributed by atoms with E-state index in [0.29, 0.717) is 50.8 Å². The van der Waals surface area contributed by atoms with Crippen molar-refractivity contribution in [1.29, 1.82) is 0 Å². The number of methoxy groups -OCH3 is 1. The van der Waals surface area contributed by atoms with Gasteiger partial charge >= 0.3 is 0 Å². The number of nitrogens with zero attached hydrogens (tertiary/aromatic N) is 3. The van der Waals surface area contributed by atoms with Gasteiger partial charge in [-0.25, -0.2) is 8.42 Å². The summed E-state index contributed by atoms with van der Waals surface area (Å²) in [4.78, 5) is 0.170. The minimum atomic E-state index is -3.72. The Balaban J connectivity index is 1.65. The molecule has 3 rings (SSSR count). The molecule has 10 nitrogen and oxygen atoms in total. The molecule has 12 heteroatoms. The van der Waals surface area contributed by atoms with Crippen LogP contribution < -0.4 is 4.74 Å². The van der Waals surface area contributed by atoms with Gasteiger partial charge in [-0.1, -0.05) is 0 Å². The zero-order valence-electron chi connectivity index (χ0n) is 17.3. The summed E-state index contributed by atoms with van der Waals surface area (Å²) in [7, 11) is -5.74. The molecule has 0 amide bonds. The second-order valence-corrected chi connectivity index (χ2v) is 11.0. The van der Waals surface area contributed by atoms with Crippen molar-refractivity contribution in [3.63, 3.8) is 0 Å². The second kappa shape index (κ2) is 9.90. The van der Waals surface area contributed by atoms with E-state index in [2.05, 4.69) is 0 Å². The van der Waals surface area contributed by atoms with Gasteiger partial charge < -0.3 is 14.2 Å². The SMILES string of the molecule is COCCOc1ccc(S(=O)(=O)N2CCN(S(=O)(=O)N3CCOCC3)CC2)cc1C. The third-order valence-electron chi connectivity index (χ3n) is 5.15. The van der Waals surface area contributed by atoms with E-state index in [1.807, 2.05) is 0 Å². The number of aryl methyl sites for hydroxylation is 1. The van der Waals surface area contributed by atoms with Gasteiger partial charge in [0.05, 0.1) is 24.7 Å². The van der Waals surface area contributed by atoms with Crippen molar-refractivity contribution in [2.75, 3.05) is 72.8 Å². The molecular formula is C18H29N3O7S2. The number of piperazine rings is 1. The Morgan fingerprint density at radius 2 is 1.50 bits per heavy atom. The van der Waals surface area contributed by atoms with Crippen molar-refractivity contribution < 1.29 is 31.0 Å². The molecule has 0 unspecified atom stereocenters. The van der Waals surface area contributed by atoms with Crippen LogP contribution in [0.2, 0.25) is 0 Å². The van der Waals surface area contributed by atoms with Crippen molar-refractivity contribution >= 4 is 20.2 Å². The van der Waals surface area contributed by atoms with Gasteiger partial charge in [-0.15, -0.1) is 0 Å². The van der Waals surface area contributed by atoms with E-state index in [0.717, 1.165) is 0 Å². The van der Waals surface area contributed by atoms with Gasteiger partial charge in [0.2, 0.25) is 10.0 Å². The molecule has 2 aliphatic rings. The van der Waals surface area contributed by atoms with E-state index in [-0.39, 0.29) is 31.1 Å². The summed E-state index contributed by atoms with van der Waals surface area (Å²) in [5.41, 5.74) is 0.709. The van der Waals surface area contributed by atoms with Crippen molar-refractivity contribution in [1.82, 2.24) is 12.9 Å². The maximum Gasteiger partial charge on any atom is 0.282 e. The number of hydrogen-bond donors (Lipinski definition) is 0. The van der Waals surface area contributed by atoms with Gasteiger partial charge in [-0.05, 0) is 30.7 Å². The van der Waals surface area contributed by atoms with Gasteiger partial charge in [-0.3, -0.25) is 0 Å². The molecular weight excluding hydrogens is 434 g/mol. The lowest BCUT2D eigenvalue weighted by atomic mass is 10.2. The summed E-state index contributed by atoms with van der Waals surface area (Å²) in [6.45, 7) is 4.45. The van der Waals surface area contributed by atoms with Gasteiger partial charge in [0.25, 0.3) is 10.2 Å². The van der Waals surface area contributed by atoms with Crippen LogP contribution in [0.25, 0.3) is 0 Å². The molecule has 0 atom stereocenters. The van der Waals surface area contributed by atoms with Gasteiger partial charge in [-0.2, -0.15) is 21.3 Å². The van der Waals surface area contributed by atoms with Gasteiger partial charge in [0.15, 0.2) is 0 Å². The molecule has 0 radical (unpaired) electrons. The molecule has 0 N–H and O–H groups in total. The van der Waals surface area contributed by atoms with E-state index in [1.165, 1.54) is 19.0 Å². The highest BCUT2D eigenvalue weighted by Crippen LogP contribution is 2.25. The third-order valence-corrected chi connectivity index (χ3v) is 9.08. The standard InChI is InChI=1S/C18H29N3O7S2/c1-16-15-17(3-4-18(16)28-14-13-26-2)29(22,23)19-5-7-20(8-6-19)30(24,25)21-9-11-27-12-10-21/h3-4,15H,5-14H2,1-2H3. The molecule has 0 aromatic heterocycles. The normalized spacial score (nSPS) is 20.3. The van der Waals surface area contributed by atoms with Gasteiger partial charge in [0.1, 0.15) is 12.4 Å². The van der Waals surface area contributed by atoms with Crippen molar-refractivity contribution in [2.45, 2.75) is 11.8 Å². The first-order chi connectivity index (χ1) is 14.3. The predicted molar refractivity (Wildman–Crippen MR) is 110 cm³/mol. The highest BCUT2D eigenvalue weighted by Gasteiger charge is 2.36. The molecule has 0 saturated carbocycles. The minimum Gasteiger partial charge on any atom is -0.491 e. The number of hydrogen-bond acceptors (Lipinski definition) is 7. The Morgan fingerprint density at radius 3 is 2.10 bits per heavy atom. The summed E-state index contributed by atoms with van der Waals surface area (Å²) in [6, 6.07) is 4.73. The average Bonchev–Trinajstić information content (AvgIpc) is 2.75. The van der Waals surface area contributed by atoms with Crippen molar-refractivity contribution in [3.8, 4) is 5.75 Å². The van der Waals surface area contributed by atoms with Crippen LogP contribution in [0.3, 0.4) is 0 Å². The third kappa shape index (κ3) is 5.13. The Kier molecular flexibility index (Phi) is 7.71. The topological polar surface area (TPSA) is 106 Å². The van der Waals surface area contributed by atoms with Crippen LogP contribution in [0, 0.1) is 6.92 Å². The van der Waals surface area contributed by atoms with Crippen LogP contribution in [0.5, 0.6) is 5.75 Å². The van der Waals surface area contributed by atoms with E-state index in [4.69, 9.17) is 14.2 Å². The largest absolute Gasteiger partial charge is 0.491 e. The number of morpholine rings is 1. The second-order valence-electron chi connectivity index (χ2n) is 7.09. The molecule has 0 spiro atoms. The highest BCUT2D eigenvalue weighted by molar-refractivity contribution is 7.89. The van der Waals surface area contributed by atoms with Crippen LogP contribution >= 0.6 is 0 Å². The van der Waals surface area contributed by atoms with Crippen LogP contribution in [-0.4, -0.2) is 103 Å². The summed E-state index contributed by atoms with van der Waals surface area (Å²) < 4.78 is 71.4. The number of benzene rings is 1. The number of ether oxygens (including phenoxy) is 3. The van der Waals surface area contributed by atoms with Gasteiger partial charge in [0, 0.05) is 46.4 Å². The Morgan fingerprint density at radius 1 is 0.900 bits per heavy atom. The van der Waals surface area contributed by atoms with Crippen LogP contribution in [-0.2, 0) is 29.7 Å². The first kappa shape index (κ1) is 23.4. The molecule has 1 aromatic rings. The van der Waals surface area contributed by atoms with Crippen LogP contribution in [0.15, 0.2) is 23.1 Å². The first-order valence-electron chi connectivity index (χ1n) is 9.82. The minimum absolute atomic E-state index is 0.108. The lowest BCUT2D eigenvalue weighted by molar-refractivity contribution is 0.0694. The number of rotatable bonds is 8. The van der Waals surface area contributed by atoms with E-state index in [9.17, 15) is 16.8 Å². The Bertz CT molecular complexity index is 923. The molecule has 30 heavy (non-hydrogen) atoms. The van der Waals surface area contributed by atoms with E-state index >= 15 is 0 Å². The van der Waals surface area contributed by atoms with Crippen molar-refractivity contribution in [2.24, 2.45) is 0 Å². The van der Waals surface area contributed by atoms with Crippen molar-refractivity contribution in [3.05, 3.63) is 23.8 Å². The molecule has 170 valence electrons. The van der Waals surface area contributed by atoms with Crippen LogP contribution in [0.1, 0.15) is 5.56 Å². The molecule has 2 heterocycles. The van der Waals surface area contributed by atoms with E-state index < -0.39 is 20.2 Å². The maximum atomic E-state index is 13.0. The molecule has 2 saturated heterocycles. The summed E-state index contributed by atoms with van der Waals surface area (Å²) in [5, 5.41) is 0. The Hall–Kier alpha value is -1.28. The number of sulfonamides is 1. The summed E-state index contributed by atoms with van der Waals surface area (Å²) >= 11 is 0. The smallest absolute Gasteiger partial charge is 0.282 e. The fourth-order valence-electron chi connectivity index (χ4n) is 3.41. The monoisotopic (exact) mass is 463 g/mol.